The van der Waals surface area contributed by atoms with Crippen LogP contribution >= 0.6 is 0 Å². The maximum atomic E-state index is 12.4. The van der Waals surface area contributed by atoms with Gasteiger partial charge in [-0.15, -0.1) is 0 Å². The molecule has 7 heteroatoms. The Morgan fingerprint density at radius 3 is 2.62 bits per heavy atom. The summed E-state index contributed by atoms with van der Waals surface area (Å²) in [4.78, 5) is 37.6. The molecule has 2 atom stereocenters. The summed E-state index contributed by atoms with van der Waals surface area (Å²) in [6.07, 6.45) is 2.16. The van der Waals surface area contributed by atoms with Gasteiger partial charge in [-0.2, -0.15) is 0 Å². The Balaban J connectivity index is 1.69. The van der Waals surface area contributed by atoms with Crippen molar-refractivity contribution in [3.05, 3.63) is 30.3 Å². The number of likely N-dealkylation sites (tertiary alicyclic amines) is 1. The minimum Gasteiger partial charge on any atom is -0.494 e. The number of carbonyl (C=O) groups excluding carboxylic acids is 3. The van der Waals surface area contributed by atoms with Crippen LogP contribution in [-0.4, -0.2) is 55.0 Å². The van der Waals surface area contributed by atoms with Crippen molar-refractivity contribution in [1.82, 2.24) is 10.2 Å². The van der Waals surface area contributed by atoms with Crippen LogP contribution in [0.15, 0.2) is 30.3 Å². The summed E-state index contributed by atoms with van der Waals surface area (Å²) in [5.74, 6) is -0.122. The number of ether oxygens (including phenoxy) is 2. The van der Waals surface area contributed by atoms with Gasteiger partial charge in [0.2, 0.25) is 11.8 Å². The molecule has 1 aromatic rings. The summed E-state index contributed by atoms with van der Waals surface area (Å²) in [6.45, 7) is 2.21. The van der Waals surface area contributed by atoms with Crippen molar-refractivity contribution >= 4 is 17.8 Å². The zero-order valence-electron chi connectivity index (χ0n) is 15.3. The van der Waals surface area contributed by atoms with E-state index in [9.17, 15) is 14.4 Å². The van der Waals surface area contributed by atoms with Crippen LogP contribution in [0.2, 0.25) is 0 Å². The first-order valence-corrected chi connectivity index (χ1v) is 8.86. The van der Waals surface area contributed by atoms with Gasteiger partial charge in [-0.25, -0.2) is 4.79 Å². The van der Waals surface area contributed by atoms with E-state index >= 15 is 0 Å². The molecule has 1 heterocycles. The van der Waals surface area contributed by atoms with E-state index in [1.54, 1.807) is 0 Å². The summed E-state index contributed by atoms with van der Waals surface area (Å²) in [7, 11) is 1.31. The average molecular weight is 362 g/mol. The van der Waals surface area contributed by atoms with Crippen LogP contribution in [0.3, 0.4) is 0 Å². The first-order chi connectivity index (χ1) is 12.5. The van der Waals surface area contributed by atoms with Crippen molar-refractivity contribution in [2.75, 3.05) is 20.3 Å². The van der Waals surface area contributed by atoms with Crippen LogP contribution in [0.4, 0.5) is 0 Å². The highest BCUT2D eigenvalue weighted by Gasteiger charge is 2.39. The number of nitrogens with zero attached hydrogens (tertiary/aromatic N) is 1. The molecule has 1 fully saturated rings. The first kappa shape index (κ1) is 19.8. The van der Waals surface area contributed by atoms with Gasteiger partial charge >= 0.3 is 5.97 Å². The quantitative estimate of drug-likeness (QED) is 0.560. The van der Waals surface area contributed by atoms with E-state index < -0.39 is 12.0 Å². The van der Waals surface area contributed by atoms with Gasteiger partial charge in [-0.1, -0.05) is 18.2 Å². The highest BCUT2D eigenvalue weighted by atomic mass is 16.5. The van der Waals surface area contributed by atoms with Crippen molar-refractivity contribution in [3.8, 4) is 5.75 Å². The maximum Gasteiger partial charge on any atom is 0.328 e. The Labute approximate surface area is 153 Å². The molecule has 1 saturated heterocycles. The van der Waals surface area contributed by atoms with Gasteiger partial charge in [0.15, 0.2) is 0 Å². The Hall–Kier alpha value is -2.57. The number of rotatable bonds is 8. The minimum atomic E-state index is -0.557. The van der Waals surface area contributed by atoms with Crippen LogP contribution in [-0.2, 0) is 19.1 Å². The van der Waals surface area contributed by atoms with E-state index in [4.69, 9.17) is 9.47 Å². The van der Waals surface area contributed by atoms with Crippen LogP contribution < -0.4 is 10.1 Å². The normalized spacial score (nSPS) is 19.1. The lowest BCUT2D eigenvalue weighted by molar-refractivity contribution is -0.151. The molecule has 0 saturated carbocycles. The van der Waals surface area contributed by atoms with Gasteiger partial charge in [0.1, 0.15) is 11.8 Å². The number of carbonyl (C=O) groups is 3. The molecule has 0 aromatic heterocycles. The SMILES string of the molecule is COC(=O)C1CCC(C)N1C(=O)CNC(=O)CCCOc1ccccc1. The number of nitrogens with one attached hydrogen (secondary N) is 1. The molecule has 2 rings (SSSR count). The van der Waals surface area contributed by atoms with Gasteiger partial charge in [0, 0.05) is 12.5 Å². The highest BCUT2D eigenvalue weighted by molar-refractivity contribution is 5.89. The van der Waals surface area contributed by atoms with Crippen molar-refractivity contribution in [3.63, 3.8) is 0 Å². The van der Waals surface area contributed by atoms with Crippen molar-refractivity contribution in [2.45, 2.75) is 44.7 Å². The molecule has 1 aromatic carbocycles. The molecule has 0 radical (unpaired) electrons. The number of benzene rings is 1. The van der Waals surface area contributed by atoms with Gasteiger partial charge in [0.05, 0.1) is 20.3 Å². The summed E-state index contributed by atoms with van der Waals surface area (Å²) < 4.78 is 10.3. The molecular weight excluding hydrogens is 336 g/mol. The predicted molar refractivity (Wildman–Crippen MR) is 95.5 cm³/mol. The van der Waals surface area contributed by atoms with Crippen LogP contribution in [0.25, 0.3) is 0 Å². The van der Waals surface area contributed by atoms with Gasteiger partial charge in [-0.3, -0.25) is 9.59 Å². The maximum absolute atomic E-state index is 12.4. The molecule has 26 heavy (non-hydrogen) atoms. The fraction of sp³-hybridized carbons (Fsp3) is 0.526. The van der Waals surface area contributed by atoms with Crippen LogP contribution in [0.5, 0.6) is 5.75 Å². The van der Waals surface area contributed by atoms with Crippen LogP contribution in [0.1, 0.15) is 32.6 Å². The zero-order chi connectivity index (χ0) is 18.9. The largest absolute Gasteiger partial charge is 0.494 e. The second kappa shape index (κ2) is 9.79. The lowest BCUT2D eigenvalue weighted by atomic mass is 10.2. The topological polar surface area (TPSA) is 84.9 Å². The zero-order valence-corrected chi connectivity index (χ0v) is 15.3. The van der Waals surface area contributed by atoms with Crippen molar-refractivity contribution < 1.29 is 23.9 Å². The lowest BCUT2D eigenvalue weighted by Gasteiger charge is -2.27. The summed E-state index contributed by atoms with van der Waals surface area (Å²) in [5.41, 5.74) is 0. The number of hydrogen-bond acceptors (Lipinski definition) is 5. The molecule has 142 valence electrons. The Bertz CT molecular complexity index is 620. The summed E-state index contributed by atoms with van der Waals surface area (Å²) in [5, 5.41) is 2.62. The predicted octanol–water partition coefficient (Wildman–Crippen LogP) is 1.51. The Morgan fingerprint density at radius 2 is 1.92 bits per heavy atom. The molecule has 1 N–H and O–H groups in total. The average Bonchev–Trinajstić information content (AvgIpc) is 3.05. The molecule has 1 aliphatic rings. The monoisotopic (exact) mass is 362 g/mol. The fourth-order valence-corrected chi connectivity index (χ4v) is 3.06. The number of hydrogen-bond donors (Lipinski definition) is 1. The molecule has 2 amide bonds. The van der Waals surface area contributed by atoms with Gasteiger partial charge in [0.25, 0.3) is 0 Å². The standard InChI is InChI=1S/C19H26N2O5/c1-14-10-11-16(19(24)25-2)21(14)18(23)13-20-17(22)9-6-12-26-15-7-4-3-5-8-15/h3-5,7-8,14,16H,6,9-13H2,1-2H3,(H,20,22). The van der Waals surface area contributed by atoms with Gasteiger partial charge in [-0.05, 0) is 38.3 Å². The smallest absolute Gasteiger partial charge is 0.328 e. The van der Waals surface area contributed by atoms with Crippen LogP contribution in [0, 0.1) is 0 Å². The molecule has 1 aliphatic heterocycles. The second-order valence-electron chi connectivity index (χ2n) is 6.31. The lowest BCUT2D eigenvalue weighted by Crippen LogP contribution is -2.48. The Kier molecular flexibility index (Phi) is 7.44. The molecule has 0 aliphatic carbocycles. The van der Waals surface area contributed by atoms with E-state index in [0.29, 0.717) is 19.4 Å². The van der Waals surface area contributed by atoms with E-state index in [1.807, 2.05) is 37.3 Å². The third kappa shape index (κ3) is 5.47. The minimum absolute atomic E-state index is 0.0391. The summed E-state index contributed by atoms with van der Waals surface area (Å²) >= 11 is 0. The molecule has 7 nitrogen and oxygen atoms in total. The number of amides is 2. The number of methoxy groups -OCH3 is 1. The third-order valence-electron chi connectivity index (χ3n) is 4.43. The van der Waals surface area contributed by atoms with E-state index in [1.165, 1.54) is 12.0 Å². The van der Waals surface area contributed by atoms with E-state index in [2.05, 4.69) is 5.32 Å². The fourth-order valence-electron chi connectivity index (χ4n) is 3.06. The highest BCUT2D eigenvalue weighted by Crippen LogP contribution is 2.24. The first-order valence-electron chi connectivity index (χ1n) is 8.86. The molecular formula is C19H26N2O5. The van der Waals surface area contributed by atoms with Crippen molar-refractivity contribution in [1.29, 1.82) is 0 Å². The number of para-hydroxylation sites is 1. The summed E-state index contributed by atoms with van der Waals surface area (Å²) in [6, 6.07) is 8.79. The molecule has 0 spiro atoms. The van der Waals surface area contributed by atoms with Gasteiger partial charge < -0.3 is 19.7 Å². The Morgan fingerprint density at radius 1 is 1.19 bits per heavy atom. The third-order valence-corrected chi connectivity index (χ3v) is 4.43. The van der Waals surface area contributed by atoms with E-state index in [-0.39, 0.29) is 30.8 Å². The molecule has 2 unspecified atom stereocenters. The second-order valence-corrected chi connectivity index (χ2v) is 6.31. The molecule has 0 bridgehead atoms. The van der Waals surface area contributed by atoms with E-state index in [0.717, 1.165) is 12.2 Å². The number of esters is 1. The van der Waals surface area contributed by atoms with Crippen molar-refractivity contribution in [2.24, 2.45) is 0 Å².